The van der Waals surface area contributed by atoms with Gasteiger partial charge in [0, 0.05) is 25.7 Å². The van der Waals surface area contributed by atoms with E-state index in [1.54, 1.807) is 6.07 Å². The van der Waals surface area contributed by atoms with Gasteiger partial charge in [0.05, 0.1) is 0 Å². The molecule has 0 fully saturated rings. The van der Waals surface area contributed by atoms with Crippen molar-refractivity contribution >= 4 is 29.1 Å². The predicted molar refractivity (Wildman–Crippen MR) is 69.8 cm³/mol. The highest BCUT2D eigenvalue weighted by molar-refractivity contribution is 7.80. The molecular formula is C10H15N5OS. The number of thiocarbonyl (C=S) groups is 1. The fourth-order valence-electron chi connectivity index (χ4n) is 1.19. The van der Waals surface area contributed by atoms with Crippen molar-refractivity contribution in [3.05, 3.63) is 17.5 Å². The molecule has 7 heteroatoms. The Kier molecular flexibility index (Phi) is 4.77. The van der Waals surface area contributed by atoms with E-state index < -0.39 is 0 Å². The third-order valence-electron chi connectivity index (χ3n) is 1.89. The van der Waals surface area contributed by atoms with Crippen LogP contribution >= 0.6 is 12.2 Å². The second kappa shape index (κ2) is 6.09. The van der Waals surface area contributed by atoms with Crippen LogP contribution in [0.25, 0.3) is 0 Å². The van der Waals surface area contributed by atoms with Gasteiger partial charge in [0.15, 0.2) is 0 Å². The minimum atomic E-state index is -0.0687. The quantitative estimate of drug-likeness (QED) is 0.504. The molecule has 0 aliphatic rings. The molecule has 1 heterocycles. The molecular weight excluding hydrogens is 238 g/mol. The number of nitrogens with two attached hydrogens (primary N) is 1. The van der Waals surface area contributed by atoms with Crippen molar-refractivity contribution in [1.29, 1.82) is 0 Å². The summed E-state index contributed by atoms with van der Waals surface area (Å²) in [4.78, 5) is 19.2. The van der Waals surface area contributed by atoms with Crippen molar-refractivity contribution in [2.45, 2.75) is 13.8 Å². The minimum absolute atomic E-state index is 0.0687. The van der Waals surface area contributed by atoms with Crippen LogP contribution in [0.1, 0.15) is 18.3 Å². The maximum absolute atomic E-state index is 10.6. The van der Waals surface area contributed by atoms with Gasteiger partial charge in [0.1, 0.15) is 10.7 Å². The highest BCUT2D eigenvalue weighted by Gasteiger charge is 2.03. The Balaban J connectivity index is 2.59. The first-order valence-corrected chi connectivity index (χ1v) is 5.53. The lowest BCUT2D eigenvalue weighted by molar-refractivity contribution is -0.118. The van der Waals surface area contributed by atoms with E-state index in [0.29, 0.717) is 24.7 Å². The normalized spacial score (nSPS) is 9.76. The van der Waals surface area contributed by atoms with Gasteiger partial charge >= 0.3 is 0 Å². The number of rotatable bonds is 5. The highest BCUT2D eigenvalue weighted by atomic mass is 32.1. The van der Waals surface area contributed by atoms with E-state index in [0.717, 1.165) is 5.69 Å². The molecule has 0 aliphatic heterocycles. The molecule has 0 spiro atoms. The van der Waals surface area contributed by atoms with Crippen LogP contribution in [-0.4, -0.2) is 34.0 Å². The van der Waals surface area contributed by atoms with Gasteiger partial charge in [-0.3, -0.25) is 4.79 Å². The van der Waals surface area contributed by atoms with Crippen molar-refractivity contribution in [2.24, 2.45) is 5.73 Å². The van der Waals surface area contributed by atoms with Crippen LogP contribution in [0.2, 0.25) is 0 Å². The maximum atomic E-state index is 10.6. The number of hydrogen-bond acceptors (Lipinski definition) is 5. The molecule has 0 aromatic carbocycles. The second-order valence-electron chi connectivity index (χ2n) is 3.49. The molecule has 1 amide bonds. The van der Waals surface area contributed by atoms with Crippen LogP contribution < -0.4 is 16.4 Å². The van der Waals surface area contributed by atoms with E-state index >= 15 is 0 Å². The van der Waals surface area contributed by atoms with Crippen molar-refractivity contribution in [2.75, 3.05) is 18.4 Å². The minimum Gasteiger partial charge on any atom is -0.388 e. The summed E-state index contributed by atoms with van der Waals surface area (Å²) < 4.78 is 0. The Hall–Kier alpha value is -1.76. The third kappa shape index (κ3) is 4.73. The summed E-state index contributed by atoms with van der Waals surface area (Å²) in [5.74, 6) is 0.388. The molecule has 1 aromatic rings. The van der Waals surface area contributed by atoms with Gasteiger partial charge in [-0.05, 0) is 13.0 Å². The highest BCUT2D eigenvalue weighted by Crippen LogP contribution is 2.04. The Labute approximate surface area is 105 Å². The molecule has 0 aliphatic carbocycles. The number of nitrogens with one attached hydrogen (secondary N) is 2. The first kappa shape index (κ1) is 13.3. The number of nitrogens with zero attached hydrogens (tertiary/aromatic N) is 2. The molecule has 0 unspecified atom stereocenters. The molecule has 4 N–H and O–H groups in total. The summed E-state index contributed by atoms with van der Waals surface area (Å²) >= 11 is 4.85. The summed E-state index contributed by atoms with van der Waals surface area (Å²) in [5, 5.41) is 5.64. The van der Waals surface area contributed by atoms with Gasteiger partial charge in [-0.25, -0.2) is 9.97 Å². The molecule has 92 valence electrons. The summed E-state index contributed by atoms with van der Waals surface area (Å²) in [7, 11) is 0. The fourth-order valence-corrected chi connectivity index (χ4v) is 1.29. The zero-order chi connectivity index (χ0) is 12.8. The van der Waals surface area contributed by atoms with E-state index in [-0.39, 0.29) is 10.9 Å². The summed E-state index contributed by atoms with van der Waals surface area (Å²) in [6.07, 6.45) is 0. The van der Waals surface area contributed by atoms with Crippen molar-refractivity contribution in [1.82, 2.24) is 15.3 Å². The van der Waals surface area contributed by atoms with E-state index in [1.165, 1.54) is 6.92 Å². The second-order valence-corrected chi connectivity index (χ2v) is 3.93. The van der Waals surface area contributed by atoms with E-state index in [1.807, 2.05) is 6.92 Å². The van der Waals surface area contributed by atoms with Crippen LogP contribution in [0.15, 0.2) is 6.07 Å². The lowest BCUT2D eigenvalue weighted by Crippen LogP contribution is -2.27. The van der Waals surface area contributed by atoms with Crippen molar-refractivity contribution in [3.8, 4) is 0 Å². The Morgan fingerprint density at radius 1 is 1.47 bits per heavy atom. The molecule has 17 heavy (non-hydrogen) atoms. The van der Waals surface area contributed by atoms with E-state index in [4.69, 9.17) is 18.0 Å². The maximum Gasteiger partial charge on any atom is 0.223 e. The smallest absolute Gasteiger partial charge is 0.223 e. The van der Waals surface area contributed by atoms with Gasteiger partial charge < -0.3 is 16.4 Å². The number of aromatic nitrogens is 2. The first-order chi connectivity index (χ1) is 7.99. The average molecular weight is 253 g/mol. The Bertz CT molecular complexity index is 435. The standard InChI is InChI=1S/C10H15N5OS/c1-6-5-8(9(11)17)15-10(14-6)13-4-3-12-7(2)16/h5H,3-4H2,1-2H3,(H2,11,17)(H,12,16)(H,13,14,15). The number of carbonyl (C=O) groups is 1. The monoisotopic (exact) mass is 253 g/mol. The molecule has 0 bridgehead atoms. The lowest BCUT2D eigenvalue weighted by Gasteiger charge is -2.07. The third-order valence-corrected chi connectivity index (χ3v) is 2.10. The topological polar surface area (TPSA) is 92.9 Å². The number of hydrogen-bond donors (Lipinski definition) is 3. The first-order valence-electron chi connectivity index (χ1n) is 5.13. The molecule has 0 saturated carbocycles. The summed E-state index contributed by atoms with van der Waals surface area (Å²) in [6.45, 7) is 4.35. The lowest BCUT2D eigenvalue weighted by atomic mass is 10.3. The molecule has 0 radical (unpaired) electrons. The predicted octanol–water partition coefficient (Wildman–Crippen LogP) is -0.0328. The summed E-state index contributed by atoms with van der Waals surface area (Å²) in [6, 6.07) is 1.72. The van der Waals surface area contributed by atoms with Crippen molar-refractivity contribution < 1.29 is 4.79 Å². The Morgan fingerprint density at radius 2 is 2.18 bits per heavy atom. The van der Waals surface area contributed by atoms with Gasteiger partial charge in [-0.15, -0.1) is 0 Å². The largest absolute Gasteiger partial charge is 0.388 e. The number of carbonyl (C=O) groups excluding carboxylic acids is 1. The van der Waals surface area contributed by atoms with Crippen LogP contribution in [0.3, 0.4) is 0 Å². The molecule has 1 rings (SSSR count). The average Bonchev–Trinajstić information content (AvgIpc) is 2.23. The van der Waals surface area contributed by atoms with Gasteiger partial charge in [-0.1, -0.05) is 12.2 Å². The zero-order valence-corrected chi connectivity index (χ0v) is 10.6. The van der Waals surface area contributed by atoms with Crippen LogP contribution in [0, 0.1) is 6.92 Å². The van der Waals surface area contributed by atoms with Crippen LogP contribution in [0.5, 0.6) is 0 Å². The van der Waals surface area contributed by atoms with Gasteiger partial charge in [-0.2, -0.15) is 0 Å². The Morgan fingerprint density at radius 3 is 2.76 bits per heavy atom. The molecule has 6 nitrogen and oxygen atoms in total. The van der Waals surface area contributed by atoms with Crippen molar-refractivity contribution in [3.63, 3.8) is 0 Å². The molecule has 0 atom stereocenters. The number of anilines is 1. The number of amides is 1. The summed E-state index contributed by atoms with van der Waals surface area (Å²) in [5.41, 5.74) is 6.82. The zero-order valence-electron chi connectivity index (χ0n) is 9.78. The van der Waals surface area contributed by atoms with Gasteiger partial charge in [0.25, 0.3) is 0 Å². The fraction of sp³-hybridized carbons (Fsp3) is 0.400. The van der Waals surface area contributed by atoms with E-state index in [9.17, 15) is 4.79 Å². The molecule has 1 aromatic heterocycles. The van der Waals surface area contributed by atoms with Gasteiger partial charge in [0.2, 0.25) is 11.9 Å². The number of aryl methyl sites for hydroxylation is 1. The molecule has 0 saturated heterocycles. The van der Waals surface area contributed by atoms with E-state index in [2.05, 4.69) is 20.6 Å². The SMILES string of the molecule is CC(=O)NCCNc1nc(C)cc(C(N)=S)n1. The van der Waals surface area contributed by atoms with Crippen LogP contribution in [-0.2, 0) is 4.79 Å². The van der Waals surface area contributed by atoms with Crippen LogP contribution in [0.4, 0.5) is 5.95 Å².